The van der Waals surface area contributed by atoms with Crippen LogP contribution >= 0.6 is 11.8 Å². The molecule has 0 unspecified atom stereocenters. The lowest BCUT2D eigenvalue weighted by atomic mass is 10.2. The van der Waals surface area contributed by atoms with Crippen LogP contribution in [0.25, 0.3) is 0 Å². The molecular weight excluding hydrogens is 320 g/mol. The van der Waals surface area contributed by atoms with Gasteiger partial charge >= 0.3 is 0 Å². The zero-order valence-electron chi connectivity index (χ0n) is 14.0. The van der Waals surface area contributed by atoms with Gasteiger partial charge in [0, 0.05) is 31.6 Å². The Kier molecular flexibility index (Phi) is 8.38. The summed E-state index contributed by atoms with van der Waals surface area (Å²) >= 11 is 1.55. The van der Waals surface area contributed by atoms with E-state index in [1.54, 1.807) is 18.9 Å². The Bertz CT molecular complexity index is 603. The normalized spacial score (nSPS) is 10.5. The van der Waals surface area contributed by atoms with Gasteiger partial charge in [-0.2, -0.15) is 0 Å². The number of ether oxygens (including phenoxy) is 1. The first kappa shape index (κ1) is 18.5. The minimum Gasteiger partial charge on any atom is -0.383 e. The molecule has 5 heteroatoms. The Morgan fingerprint density at radius 3 is 2.42 bits per heavy atom. The molecule has 2 N–H and O–H groups in total. The van der Waals surface area contributed by atoms with Crippen LogP contribution in [0.4, 0.5) is 0 Å². The third kappa shape index (κ3) is 7.17. The van der Waals surface area contributed by atoms with Gasteiger partial charge in [0.1, 0.15) is 0 Å². The van der Waals surface area contributed by atoms with Gasteiger partial charge in [0.2, 0.25) is 5.91 Å². The predicted molar refractivity (Wildman–Crippen MR) is 99.0 cm³/mol. The van der Waals surface area contributed by atoms with E-state index < -0.39 is 0 Å². The molecule has 0 atom stereocenters. The van der Waals surface area contributed by atoms with Crippen molar-refractivity contribution in [1.29, 1.82) is 0 Å². The van der Waals surface area contributed by atoms with E-state index in [2.05, 4.69) is 34.9 Å². The Morgan fingerprint density at radius 1 is 1.00 bits per heavy atom. The van der Waals surface area contributed by atoms with E-state index in [1.165, 1.54) is 5.56 Å². The molecule has 2 aromatic carbocycles. The lowest BCUT2D eigenvalue weighted by Gasteiger charge is -2.07. The average molecular weight is 344 g/mol. The number of nitrogens with one attached hydrogen (secondary N) is 2. The fourth-order valence-electron chi connectivity index (χ4n) is 2.11. The van der Waals surface area contributed by atoms with Crippen LogP contribution < -0.4 is 10.6 Å². The molecule has 0 aliphatic rings. The van der Waals surface area contributed by atoms with Crippen molar-refractivity contribution >= 4 is 17.7 Å². The maximum absolute atomic E-state index is 11.9. The fraction of sp³-hybridized carbons (Fsp3) is 0.316. The second-order valence-corrected chi connectivity index (χ2v) is 6.41. The molecule has 128 valence electrons. The fourth-order valence-corrected chi connectivity index (χ4v) is 2.84. The van der Waals surface area contributed by atoms with Gasteiger partial charge < -0.3 is 15.4 Å². The number of amides is 1. The third-order valence-electron chi connectivity index (χ3n) is 3.44. The van der Waals surface area contributed by atoms with E-state index in [1.807, 2.05) is 30.3 Å². The van der Waals surface area contributed by atoms with Crippen molar-refractivity contribution in [3.8, 4) is 0 Å². The molecule has 0 spiro atoms. The molecule has 24 heavy (non-hydrogen) atoms. The lowest BCUT2D eigenvalue weighted by molar-refractivity contribution is -0.118. The zero-order chi connectivity index (χ0) is 17.0. The molecule has 0 fully saturated rings. The number of hydrogen-bond donors (Lipinski definition) is 2. The summed E-state index contributed by atoms with van der Waals surface area (Å²) in [5.74, 6) is 0.479. The van der Waals surface area contributed by atoms with E-state index in [-0.39, 0.29) is 5.91 Å². The van der Waals surface area contributed by atoms with E-state index in [9.17, 15) is 4.79 Å². The SMILES string of the molecule is COCCNCc1ccc(SCC(=O)NCc2ccccc2)cc1. The maximum Gasteiger partial charge on any atom is 0.230 e. The Hall–Kier alpha value is -1.82. The number of rotatable bonds is 10. The quantitative estimate of drug-likeness (QED) is 0.514. The Morgan fingerprint density at radius 2 is 1.71 bits per heavy atom. The summed E-state index contributed by atoms with van der Waals surface area (Å²) in [7, 11) is 1.70. The number of carbonyl (C=O) groups excluding carboxylic acids is 1. The van der Waals surface area contributed by atoms with Gasteiger partial charge in [0.25, 0.3) is 0 Å². The molecule has 0 aromatic heterocycles. The first-order chi connectivity index (χ1) is 11.8. The third-order valence-corrected chi connectivity index (χ3v) is 4.45. The number of carbonyl (C=O) groups is 1. The van der Waals surface area contributed by atoms with E-state index in [0.717, 1.165) is 23.5 Å². The number of methoxy groups -OCH3 is 1. The van der Waals surface area contributed by atoms with Crippen LogP contribution in [0.5, 0.6) is 0 Å². The summed E-state index contributed by atoms with van der Waals surface area (Å²) in [5.41, 5.74) is 2.34. The summed E-state index contributed by atoms with van der Waals surface area (Å²) in [6.07, 6.45) is 0. The van der Waals surface area contributed by atoms with Gasteiger partial charge in [0.15, 0.2) is 0 Å². The molecule has 4 nitrogen and oxygen atoms in total. The summed E-state index contributed by atoms with van der Waals surface area (Å²) < 4.78 is 5.00. The van der Waals surface area contributed by atoms with Gasteiger partial charge in [-0.05, 0) is 23.3 Å². The van der Waals surface area contributed by atoms with Crippen molar-refractivity contribution in [3.63, 3.8) is 0 Å². The van der Waals surface area contributed by atoms with Crippen LogP contribution in [0.1, 0.15) is 11.1 Å². The number of hydrogen-bond acceptors (Lipinski definition) is 4. The van der Waals surface area contributed by atoms with Gasteiger partial charge in [-0.15, -0.1) is 11.8 Å². The van der Waals surface area contributed by atoms with Crippen LogP contribution in [0.3, 0.4) is 0 Å². The molecule has 1 amide bonds. The van der Waals surface area contributed by atoms with Crippen molar-refractivity contribution in [2.45, 2.75) is 18.0 Å². The Balaban J connectivity index is 1.67. The van der Waals surface area contributed by atoms with Crippen LogP contribution in [-0.2, 0) is 22.6 Å². The smallest absolute Gasteiger partial charge is 0.230 e. The molecule has 2 aromatic rings. The van der Waals surface area contributed by atoms with Crippen LogP contribution in [0, 0.1) is 0 Å². The summed E-state index contributed by atoms with van der Waals surface area (Å²) in [5, 5.41) is 6.25. The van der Waals surface area contributed by atoms with Gasteiger partial charge in [0.05, 0.1) is 12.4 Å². The largest absolute Gasteiger partial charge is 0.383 e. The standard InChI is InChI=1S/C19H24N2O2S/c1-23-12-11-20-13-17-7-9-18(10-8-17)24-15-19(22)21-14-16-5-3-2-4-6-16/h2-10,20H,11-15H2,1H3,(H,21,22). The van der Waals surface area contributed by atoms with Gasteiger partial charge in [-0.3, -0.25) is 4.79 Å². The van der Waals surface area contributed by atoms with Crippen LogP contribution in [-0.4, -0.2) is 31.9 Å². The summed E-state index contributed by atoms with van der Waals surface area (Å²) in [6.45, 7) is 2.96. The zero-order valence-corrected chi connectivity index (χ0v) is 14.8. The van der Waals surface area contributed by atoms with E-state index >= 15 is 0 Å². The van der Waals surface area contributed by atoms with Crippen molar-refractivity contribution in [2.75, 3.05) is 26.0 Å². The highest BCUT2D eigenvalue weighted by Crippen LogP contribution is 2.18. The highest BCUT2D eigenvalue weighted by atomic mass is 32.2. The molecular formula is C19H24N2O2S. The second-order valence-electron chi connectivity index (χ2n) is 5.36. The second kappa shape index (κ2) is 10.9. The molecule has 0 saturated carbocycles. The average Bonchev–Trinajstić information content (AvgIpc) is 2.64. The van der Waals surface area contributed by atoms with Crippen molar-refractivity contribution in [3.05, 3.63) is 65.7 Å². The molecule has 0 radical (unpaired) electrons. The lowest BCUT2D eigenvalue weighted by Crippen LogP contribution is -2.24. The van der Waals surface area contributed by atoms with Gasteiger partial charge in [-0.1, -0.05) is 42.5 Å². The minimum absolute atomic E-state index is 0.0501. The molecule has 0 saturated heterocycles. The van der Waals surface area contributed by atoms with Crippen LogP contribution in [0.15, 0.2) is 59.5 Å². The summed E-state index contributed by atoms with van der Waals surface area (Å²) in [4.78, 5) is 13.0. The monoisotopic (exact) mass is 344 g/mol. The van der Waals surface area contributed by atoms with Crippen molar-refractivity contribution in [2.24, 2.45) is 0 Å². The number of benzene rings is 2. The maximum atomic E-state index is 11.9. The molecule has 0 heterocycles. The number of thioether (sulfide) groups is 1. The first-order valence-corrected chi connectivity index (χ1v) is 8.98. The van der Waals surface area contributed by atoms with Crippen molar-refractivity contribution in [1.82, 2.24) is 10.6 Å². The molecule has 0 aliphatic heterocycles. The predicted octanol–water partition coefficient (Wildman–Crippen LogP) is 2.83. The van der Waals surface area contributed by atoms with Crippen LogP contribution in [0.2, 0.25) is 0 Å². The van der Waals surface area contributed by atoms with Gasteiger partial charge in [-0.25, -0.2) is 0 Å². The molecule has 0 bridgehead atoms. The highest BCUT2D eigenvalue weighted by Gasteiger charge is 2.03. The molecule has 2 rings (SSSR count). The topological polar surface area (TPSA) is 50.4 Å². The van der Waals surface area contributed by atoms with Crippen molar-refractivity contribution < 1.29 is 9.53 Å². The molecule has 0 aliphatic carbocycles. The highest BCUT2D eigenvalue weighted by molar-refractivity contribution is 8.00. The Labute approximate surface area is 148 Å². The minimum atomic E-state index is 0.0501. The first-order valence-electron chi connectivity index (χ1n) is 8.00. The van der Waals surface area contributed by atoms with E-state index in [0.29, 0.717) is 18.9 Å². The van der Waals surface area contributed by atoms with E-state index in [4.69, 9.17) is 4.74 Å². The summed E-state index contributed by atoms with van der Waals surface area (Å²) in [6, 6.07) is 18.2.